The van der Waals surface area contributed by atoms with Gasteiger partial charge in [0.25, 0.3) is 0 Å². The molecule has 0 aliphatic carbocycles. The molecular weight excluding hydrogens is 242 g/mol. The summed E-state index contributed by atoms with van der Waals surface area (Å²) < 4.78 is 0. The van der Waals surface area contributed by atoms with Crippen LogP contribution in [0.4, 0.5) is 0 Å². The average molecular weight is 250 g/mol. The van der Waals surface area contributed by atoms with Gasteiger partial charge in [-0.15, -0.1) is 0 Å². The van der Waals surface area contributed by atoms with E-state index in [9.17, 15) is 4.79 Å². The zero-order valence-corrected chi connectivity index (χ0v) is 9.62. The summed E-state index contributed by atoms with van der Waals surface area (Å²) in [5.41, 5.74) is 0.605. The number of halogens is 3. The van der Waals surface area contributed by atoms with Gasteiger partial charge in [-0.1, -0.05) is 34.8 Å². The van der Waals surface area contributed by atoms with Crippen LogP contribution in [0.2, 0.25) is 15.1 Å². The lowest BCUT2D eigenvalue weighted by Gasteiger charge is -2.01. The van der Waals surface area contributed by atoms with Gasteiger partial charge < -0.3 is 0 Å². The molecule has 0 atom stereocenters. The van der Waals surface area contributed by atoms with E-state index in [-0.39, 0.29) is 5.78 Å². The molecule has 0 saturated carbocycles. The third kappa shape index (κ3) is 3.02. The lowest BCUT2D eigenvalue weighted by Crippen LogP contribution is -1.83. The number of ketones is 1. The molecule has 0 fully saturated rings. The van der Waals surface area contributed by atoms with Crippen molar-refractivity contribution < 1.29 is 4.79 Å². The Bertz CT molecular complexity index is 373. The molecule has 14 heavy (non-hydrogen) atoms. The van der Waals surface area contributed by atoms with Crippen LogP contribution in [0.5, 0.6) is 0 Å². The Hall–Kier alpha value is -0.500. The normalized spacial score (nSPS) is 10.9. The van der Waals surface area contributed by atoms with Crippen LogP contribution in [0, 0.1) is 0 Å². The number of carbonyl (C=O) groups is 1. The zero-order chi connectivity index (χ0) is 10.7. The highest BCUT2D eigenvalue weighted by atomic mass is 35.5. The highest BCUT2D eigenvalue weighted by Crippen LogP contribution is 2.29. The van der Waals surface area contributed by atoms with E-state index in [4.69, 9.17) is 34.8 Å². The summed E-state index contributed by atoms with van der Waals surface area (Å²) in [6, 6.07) is 3.16. The van der Waals surface area contributed by atoms with Crippen molar-refractivity contribution in [2.24, 2.45) is 0 Å². The molecule has 0 N–H and O–H groups in total. The fraction of sp³-hybridized carbons (Fsp3) is 0.100. The molecule has 0 aliphatic rings. The molecule has 1 nitrogen and oxygen atoms in total. The largest absolute Gasteiger partial charge is 0.295 e. The highest BCUT2D eigenvalue weighted by Gasteiger charge is 2.04. The van der Waals surface area contributed by atoms with Gasteiger partial charge in [0.15, 0.2) is 5.78 Å². The molecule has 0 bridgehead atoms. The standard InChI is InChI=1S/C10H7Cl3O/c1-6(14)2-3-8-9(12)4-7(11)5-10(8)13/h2-5H,1H3. The van der Waals surface area contributed by atoms with Crippen LogP contribution in [0.25, 0.3) is 6.08 Å². The third-order valence-electron chi connectivity index (χ3n) is 1.53. The van der Waals surface area contributed by atoms with E-state index < -0.39 is 0 Å². The molecule has 1 rings (SSSR count). The van der Waals surface area contributed by atoms with Crippen LogP contribution in [-0.2, 0) is 4.79 Å². The van der Waals surface area contributed by atoms with Crippen molar-refractivity contribution in [3.05, 3.63) is 38.8 Å². The van der Waals surface area contributed by atoms with Gasteiger partial charge in [0.05, 0.1) is 10.0 Å². The Labute approximate surface area is 97.3 Å². The van der Waals surface area contributed by atoms with Crippen molar-refractivity contribution in [1.29, 1.82) is 0 Å². The summed E-state index contributed by atoms with van der Waals surface area (Å²) in [4.78, 5) is 10.7. The van der Waals surface area contributed by atoms with Crippen LogP contribution in [-0.4, -0.2) is 5.78 Å². The molecule has 0 aliphatic heterocycles. The van der Waals surface area contributed by atoms with Crippen LogP contribution in [0.1, 0.15) is 12.5 Å². The molecule has 0 amide bonds. The van der Waals surface area contributed by atoms with Crippen molar-refractivity contribution in [1.82, 2.24) is 0 Å². The molecule has 1 aromatic rings. The Morgan fingerprint density at radius 3 is 2.14 bits per heavy atom. The van der Waals surface area contributed by atoms with Crippen molar-refractivity contribution in [3.8, 4) is 0 Å². The third-order valence-corrected chi connectivity index (χ3v) is 2.37. The minimum Gasteiger partial charge on any atom is -0.295 e. The Kier molecular flexibility index (Phi) is 3.99. The Morgan fingerprint density at radius 2 is 1.71 bits per heavy atom. The van der Waals surface area contributed by atoms with Crippen LogP contribution in [0.3, 0.4) is 0 Å². The number of hydrogen-bond acceptors (Lipinski definition) is 1. The first kappa shape index (κ1) is 11.6. The maximum atomic E-state index is 10.7. The maximum Gasteiger partial charge on any atom is 0.152 e. The monoisotopic (exact) mass is 248 g/mol. The SMILES string of the molecule is CC(=O)C=Cc1c(Cl)cc(Cl)cc1Cl. The van der Waals surface area contributed by atoms with Crippen molar-refractivity contribution in [3.63, 3.8) is 0 Å². The van der Waals surface area contributed by atoms with Crippen LogP contribution < -0.4 is 0 Å². The van der Waals surface area contributed by atoms with E-state index in [0.717, 1.165) is 0 Å². The highest BCUT2D eigenvalue weighted by molar-refractivity contribution is 6.40. The van der Waals surface area contributed by atoms with E-state index >= 15 is 0 Å². The summed E-state index contributed by atoms with van der Waals surface area (Å²) in [6.07, 6.45) is 2.98. The number of hydrogen-bond donors (Lipinski definition) is 0. The predicted octanol–water partition coefficient (Wildman–Crippen LogP) is 4.25. The minimum atomic E-state index is -0.0629. The second kappa shape index (κ2) is 4.83. The van der Waals surface area contributed by atoms with Crippen LogP contribution >= 0.6 is 34.8 Å². The summed E-state index contributed by atoms with van der Waals surface area (Å²) in [7, 11) is 0. The van der Waals surface area contributed by atoms with Gasteiger partial charge in [0.1, 0.15) is 0 Å². The average Bonchev–Trinajstić information content (AvgIpc) is 2.01. The van der Waals surface area contributed by atoms with Crippen LogP contribution in [0.15, 0.2) is 18.2 Å². The molecule has 74 valence electrons. The minimum absolute atomic E-state index is 0.0629. The summed E-state index contributed by atoms with van der Waals surface area (Å²) in [6.45, 7) is 1.45. The number of benzene rings is 1. The first-order valence-corrected chi connectivity index (χ1v) is 4.97. The van der Waals surface area contributed by atoms with Crippen molar-refractivity contribution in [2.75, 3.05) is 0 Å². The molecular formula is C10H7Cl3O. The van der Waals surface area contributed by atoms with Crippen molar-refractivity contribution in [2.45, 2.75) is 6.92 Å². The molecule has 0 aromatic heterocycles. The van der Waals surface area contributed by atoms with E-state index in [1.165, 1.54) is 13.0 Å². The molecule has 0 saturated heterocycles. The second-order valence-electron chi connectivity index (χ2n) is 2.73. The van der Waals surface area contributed by atoms with Gasteiger partial charge in [-0.3, -0.25) is 4.79 Å². The molecule has 0 unspecified atom stereocenters. The summed E-state index contributed by atoms with van der Waals surface area (Å²) in [5.74, 6) is -0.0629. The van der Waals surface area contributed by atoms with E-state index in [1.54, 1.807) is 18.2 Å². The van der Waals surface area contributed by atoms with Gasteiger partial charge in [-0.2, -0.15) is 0 Å². The second-order valence-corrected chi connectivity index (χ2v) is 3.98. The summed E-state index contributed by atoms with van der Waals surface area (Å²) >= 11 is 17.5. The van der Waals surface area contributed by atoms with Gasteiger partial charge in [-0.25, -0.2) is 0 Å². The van der Waals surface area contributed by atoms with Gasteiger partial charge in [0, 0.05) is 10.6 Å². The van der Waals surface area contributed by atoms with Gasteiger partial charge in [-0.05, 0) is 31.2 Å². The van der Waals surface area contributed by atoms with E-state index in [1.807, 2.05) is 0 Å². The number of carbonyl (C=O) groups excluding carboxylic acids is 1. The van der Waals surface area contributed by atoms with Crippen molar-refractivity contribution >= 4 is 46.7 Å². The fourth-order valence-electron chi connectivity index (χ4n) is 0.913. The van der Waals surface area contributed by atoms with E-state index in [0.29, 0.717) is 20.6 Å². The zero-order valence-electron chi connectivity index (χ0n) is 7.35. The molecule has 4 heteroatoms. The maximum absolute atomic E-state index is 10.7. The Morgan fingerprint density at radius 1 is 1.21 bits per heavy atom. The molecule has 0 heterocycles. The first-order valence-electron chi connectivity index (χ1n) is 3.84. The molecule has 0 spiro atoms. The van der Waals surface area contributed by atoms with Gasteiger partial charge >= 0.3 is 0 Å². The Balaban J connectivity index is 3.15. The van der Waals surface area contributed by atoms with E-state index in [2.05, 4.69) is 0 Å². The lowest BCUT2D eigenvalue weighted by atomic mass is 10.2. The summed E-state index contributed by atoms with van der Waals surface area (Å²) in [5, 5.41) is 1.33. The topological polar surface area (TPSA) is 17.1 Å². The molecule has 0 radical (unpaired) electrons. The fourth-order valence-corrected chi connectivity index (χ4v) is 1.86. The quantitative estimate of drug-likeness (QED) is 0.716. The lowest BCUT2D eigenvalue weighted by molar-refractivity contribution is -0.112. The smallest absolute Gasteiger partial charge is 0.152 e. The molecule has 1 aromatic carbocycles. The predicted molar refractivity (Wildman–Crippen MR) is 61.2 cm³/mol. The number of rotatable bonds is 2. The number of allylic oxidation sites excluding steroid dienone is 1. The van der Waals surface area contributed by atoms with Gasteiger partial charge in [0.2, 0.25) is 0 Å². The first-order chi connectivity index (χ1) is 6.50.